The van der Waals surface area contributed by atoms with Crippen LogP contribution in [0.25, 0.3) is 0 Å². The quantitative estimate of drug-likeness (QED) is 0.226. The molecule has 0 aliphatic heterocycles. The Balaban J connectivity index is 0. The summed E-state index contributed by atoms with van der Waals surface area (Å²) in [7, 11) is 0. The summed E-state index contributed by atoms with van der Waals surface area (Å²) in [6, 6.07) is 0. The second-order valence-electron chi connectivity index (χ2n) is 3.51. The maximum Gasteiger partial charge on any atom is 0.162 e. The van der Waals surface area contributed by atoms with Crippen LogP contribution in [0.15, 0.2) is 0 Å². The Labute approximate surface area is 259 Å². The van der Waals surface area contributed by atoms with Crippen LogP contribution in [-0.4, -0.2) is 30.5 Å². The highest BCUT2D eigenvalue weighted by atomic mass is 80.0. The van der Waals surface area contributed by atoms with Crippen molar-refractivity contribution in [1.29, 1.82) is 0 Å². The van der Waals surface area contributed by atoms with Crippen molar-refractivity contribution in [3.8, 4) is 0 Å². The van der Waals surface area contributed by atoms with Gasteiger partial charge in [-0.25, -0.2) is 4.21 Å². The van der Waals surface area contributed by atoms with Crippen LogP contribution in [0.5, 0.6) is 0 Å². The first-order chi connectivity index (χ1) is 9.98. The van der Waals surface area contributed by atoms with Crippen molar-refractivity contribution in [3.63, 3.8) is 0 Å². The summed E-state index contributed by atoms with van der Waals surface area (Å²) in [5.41, 5.74) is 0. The summed E-state index contributed by atoms with van der Waals surface area (Å²) in [6.45, 7) is 0. The Hall–Kier alpha value is 6.79. The zero-order chi connectivity index (χ0) is 20.6. The molecule has 0 radical (unpaired) electrons. The second kappa shape index (κ2) is 11.8. The number of hydrogen-bond donors (Lipinski definition) is 1. The monoisotopic (exact) mass is 1260 g/mol. The molecule has 24 heavy (non-hydrogen) atoms. The lowest BCUT2D eigenvalue weighted by Gasteiger charge is -2.53. The average molecular weight is 1270 g/mol. The topological polar surface area (TPSA) is 60.4 Å². The molecule has 1 atom stereocenters. The molecular formula is C6HBr14O3S-. The van der Waals surface area contributed by atoms with Crippen molar-refractivity contribution in [2.75, 3.05) is 0 Å². The highest BCUT2D eigenvalue weighted by molar-refractivity contribution is 9.43. The van der Waals surface area contributed by atoms with E-state index in [0.717, 1.165) is 0 Å². The standard InChI is InChI=1S/C6Br14.H2O3S/c7-1(8,3(11,12)5(15,16)17)2(9,10)4(13,14)6(18,19)20;1-4(2)3/h;(H2,1,2,3)/p-1. The minimum atomic E-state index is -2.86. The van der Waals surface area contributed by atoms with Gasteiger partial charge in [-0.15, -0.1) is 0 Å². The maximum absolute atomic E-state index is 8.56. The Morgan fingerprint density at radius 3 is 0.750 bits per heavy atom. The minimum Gasteiger partial charge on any atom is -0.750 e. The molecule has 0 aromatic rings. The first-order valence-electron chi connectivity index (χ1n) is 4.41. The van der Waals surface area contributed by atoms with Gasteiger partial charge in [-0.05, 0) is 0 Å². The van der Waals surface area contributed by atoms with E-state index in [9.17, 15) is 0 Å². The number of rotatable bonds is 3. The van der Waals surface area contributed by atoms with E-state index in [1.54, 1.807) is 0 Å². The molecule has 0 rings (SSSR count). The second-order valence-corrected chi connectivity index (χ2v) is 31.2. The van der Waals surface area contributed by atoms with E-state index >= 15 is 0 Å². The lowest BCUT2D eigenvalue weighted by molar-refractivity contribution is 0.436. The third-order valence-corrected chi connectivity index (χ3v) is 27.7. The van der Waals surface area contributed by atoms with Gasteiger partial charge in [0.25, 0.3) is 0 Å². The molecule has 0 heterocycles. The Bertz CT molecular complexity index is 410. The van der Waals surface area contributed by atoms with E-state index in [-0.39, 0.29) is 0 Å². The van der Waals surface area contributed by atoms with Gasteiger partial charge in [0.1, 0.15) is 12.9 Å². The molecule has 0 aliphatic rings. The molecule has 0 spiro atoms. The first-order valence-corrected chi connectivity index (χ1v) is 16.5. The van der Waals surface area contributed by atoms with Gasteiger partial charge in [0.2, 0.25) is 0 Å². The summed E-state index contributed by atoms with van der Waals surface area (Å²) in [4.78, 5) is 0. The van der Waals surface area contributed by atoms with E-state index in [2.05, 4.69) is 223 Å². The van der Waals surface area contributed by atoms with Gasteiger partial charge in [0.15, 0.2) is 4.29 Å². The SMILES string of the molecule is BrC(Br)(Br)C(Br)(Br)C(Br)(Br)C(Br)(Br)C(Br)(Br)C(Br)(Br)Br.O=S([O-])O. The molecule has 0 saturated carbocycles. The van der Waals surface area contributed by atoms with Crippen molar-refractivity contribution in [2.24, 2.45) is 0 Å². The van der Waals surface area contributed by atoms with Crippen LogP contribution in [0.1, 0.15) is 0 Å². The molecule has 0 fully saturated rings. The summed E-state index contributed by atoms with van der Waals surface area (Å²) in [5.74, 6) is 0. The van der Waals surface area contributed by atoms with Gasteiger partial charge in [0, 0.05) is 0 Å². The molecule has 0 amide bonds. The van der Waals surface area contributed by atoms with Crippen molar-refractivity contribution < 1.29 is 13.3 Å². The molecule has 18 heteroatoms. The van der Waals surface area contributed by atoms with Crippen molar-refractivity contribution in [1.82, 2.24) is 0 Å². The first kappa shape index (κ1) is 33.0. The van der Waals surface area contributed by atoms with E-state index in [1.165, 1.54) is 0 Å². The predicted octanol–water partition coefficient (Wildman–Crippen LogP) is 9.95. The third-order valence-electron chi connectivity index (χ3n) is 1.90. The van der Waals surface area contributed by atoms with Gasteiger partial charge in [-0.3, -0.25) is 0 Å². The Kier molecular flexibility index (Phi) is 16.2. The zero-order valence-electron chi connectivity index (χ0n) is 9.96. The van der Waals surface area contributed by atoms with E-state index < -0.39 is 28.6 Å². The van der Waals surface area contributed by atoms with Crippen molar-refractivity contribution in [2.45, 2.75) is 17.2 Å². The molecule has 0 saturated heterocycles. The van der Waals surface area contributed by atoms with Crippen molar-refractivity contribution >= 4 is 234 Å². The minimum absolute atomic E-state index is 0.691. The van der Waals surface area contributed by atoms with E-state index in [1.807, 2.05) is 0 Å². The summed E-state index contributed by atoms with van der Waals surface area (Å²) >= 11 is 47.7. The van der Waals surface area contributed by atoms with Crippen LogP contribution in [0.3, 0.4) is 0 Å². The van der Waals surface area contributed by atoms with Crippen LogP contribution >= 0.6 is 223 Å². The van der Waals surface area contributed by atoms with E-state index in [4.69, 9.17) is 13.3 Å². The number of hydrogen-bond acceptors (Lipinski definition) is 2. The van der Waals surface area contributed by atoms with Crippen LogP contribution in [-0.2, 0) is 11.4 Å². The average Bonchev–Trinajstić information content (AvgIpc) is 2.23. The van der Waals surface area contributed by atoms with Crippen molar-refractivity contribution in [3.05, 3.63) is 0 Å². The lowest BCUT2D eigenvalue weighted by atomic mass is 10.2. The summed E-state index contributed by atoms with van der Waals surface area (Å²) < 4.78 is 19.5. The normalized spacial score (nSPS) is 16.3. The molecule has 3 nitrogen and oxygen atoms in total. The van der Waals surface area contributed by atoms with Crippen LogP contribution < -0.4 is 0 Å². The summed E-state index contributed by atoms with van der Waals surface area (Å²) in [6.07, 6.45) is 0. The highest BCUT2D eigenvalue weighted by Crippen LogP contribution is 2.75. The predicted molar refractivity (Wildman–Crippen MR) is 153 cm³/mol. The van der Waals surface area contributed by atoms with Gasteiger partial charge in [-0.1, -0.05) is 223 Å². The molecule has 0 aromatic carbocycles. The van der Waals surface area contributed by atoms with Gasteiger partial charge >= 0.3 is 0 Å². The highest BCUT2D eigenvalue weighted by Gasteiger charge is 2.72. The Morgan fingerprint density at radius 1 is 0.542 bits per heavy atom. The van der Waals surface area contributed by atoms with Crippen LogP contribution in [0, 0.1) is 0 Å². The van der Waals surface area contributed by atoms with Gasteiger partial charge in [0.05, 0.1) is 11.4 Å². The van der Waals surface area contributed by atoms with Crippen LogP contribution in [0.2, 0.25) is 0 Å². The maximum atomic E-state index is 8.56. The lowest BCUT2D eigenvalue weighted by Crippen LogP contribution is -2.62. The molecule has 0 aromatic heterocycles. The molecule has 1 N–H and O–H groups in total. The van der Waals surface area contributed by atoms with Gasteiger partial charge < -0.3 is 9.11 Å². The summed E-state index contributed by atoms with van der Waals surface area (Å²) in [5, 5.41) is 0. The van der Waals surface area contributed by atoms with E-state index in [0.29, 0.717) is 0 Å². The fourth-order valence-corrected chi connectivity index (χ4v) is 11.4. The molecule has 0 bridgehead atoms. The molecule has 148 valence electrons. The number of alkyl halides is 14. The smallest absolute Gasteiger partial charge is 0.162 e. The molecule has 0 aliphatic carbocycles. The zero-order valence-corrected chi connectivity index (χ0v) is 33.0. The van der Waals surface area contributed by atoms with Crippen LogP contribution in [0.4, 0.5) is 0 Å². The Morgan fingerprint density at radius 2 is 0.667 bits per heavy atom. The fourth-order valence-electron chi connectivity index (χ4n) is 0.750. The number of halogens is 14. The molecule has 1 unspecified atom stereocenters. The molecular weight excluding hydrogens is 1270 g/mol. The largest absolute Gasteiger partial charge is 0.750 e. The fraction of sp³-hybridized carbons (Fsp3) is 1.00. The third kappa shape index (κ3) is 8.29. The van der Waals surface area contributed by atoms with Gasteiger partial charge in [-0.2, -0.15) is 0 Å².